The third kappa shape index (κ3) is 6.55. The summed E-state index contributed by atoms with van der Waals surface area (Å²) in [7, 11) is 0. The minimum atomic E-state index is -4.67. The van der Waals surface area contributed by atoms with Crippen LogP contribution in [0.2, 0.25) is 0 Å². The summed E-state index contributed by atoms with van der Waals surface area (Å²) in [5.41, 5.74) is -1.23. The zero-order chi connectivity index (χ0) is 24.7. The minimum absolute atomic E-state index is 0.126. The Morgan fingerprint density at radius 3 is 2.53 bits per heavy atom. The lowest BCUT2D eigenvalue weighted by Crippen LogP contribution is -2.36. The number of para-hydroxylation sites is 1. The molecule has 34 heavy (non-hydrogen) atoms. The van der Waals surface area contributed by atoms with Crippen molar-refractivity contribution in [3.05, 3.63) is 100 Å². The van der Waals surface area contributed by atoms with Crippen molar-refractivity contribution < 1.29 is 32.1 Å². The smallest absolute Gasteiger partial charge is 0.418 e. The summed E-state index contributed by atoms with van der Waals surface area (Å²) in [4.78, 5) is 36.7. The van der Waals surface area contributed by atoms with Gasteiger partial charge in [-0.25, -0.2) is 0 Å². The third-order valence-corrected chi connectivity index (χ3v) is 4.58. The number of alkyl halides is 3. The van der Waals surface area contributed by atoms with Gasteiger partial charge < -0.3 is 14.6 Å². The molecule has 1 N–H and O–H groups in total. The molecule has 2 amide bonds. The Morgan fingerprint density at radius 2 is 1.85 bits per heavy atom. The van der Waals surface area contributed by atoms with Gasteiger partial charge in [0.25, 0.3) is 5.69 Å². The Morgan fingerprint density at radius 1 is 1.09 bits per heavy atom. The second-order valence-electron chi connectivity index (χ2n) is 7.05. The van der Waals surface area contributed by atoms with Gasteiger partial charge in [-0.3, -0.25) is 19.7 Å². The number of rotatable bonds is 8. The van der Waals surface area contributed by atoms with E-state index >= 15 is 0 Å². The second kappa shape index (κ2) is 10.5. The van der Waals surface area contributed by atoms with Gasteiger partial charge in [0.1, 0.15) is 12.3 Å². The molecule has 2 aromatic carbocycles. The molecule has 0 radical (unpaired) electrons. The fraction of sp³-hybridized carbons (Fsp3) is 0.130. The Labute approximate surface area is 191 Å². The van der Waals surface area contributed by atoms with Crippen molar-refractivity contribution in [1.29, 1.82) is 0 Å². The van der Waals surface area contributed by atoms with Crippen LogP contribution in [0, 0.1) is 10.1 Å². The number of halogens is 3. The number of non-ortho nitro benzene ring substituents is 1. The zero-order valence-corrected chi connectivity index (χ0v) is 17.5. The van der Waals surface area contributed by atoms with Crippen LogP contribution in [-0.2, 0) is 22.3 Å². The standard InChI is InChI=1S/C23H18F3N3O5/c24-23(25,26)19-8-1-2-9-20(19)27-21(30)15-28(14-18-7-4-12-34-18)22(31)11-10-16-5-3-6-17(13-16)29(32)33/h1-13H,14-15H2,(H,27,30). The summed E-state index contributed by atoms with van der Waals surface area (Å²) in [6.45, 7) is -0.690. The molecule has 0 bridgehead atoms. The summed E-state index contributed by atoms with van der Waals surface area (Å²) in [5, 5.41) is 13.1. The summed E-state index contributed by atoms with van der Waals surface area (Å²) >= 11 is 0. The summed E-state index contributed by atoms with van der Waals surface area (Å²) in [5.74, 6) is -1.15. The van der Waals surface area contributed by atoms with E-state index in [1.54, 1.807) is 18.2 Å². The number of anilines is 1. The molecule has 1 heterocycles. The lowest BCUT2D eigenvalue weighted by atomic mass is 10.1. The van der Waals surface area contributed by atoms with Gasteiger partial charge in [0.15, 0.2) is 0 Å². The molecule has 0 unspecified atom stereocenters. The molecule has 0 aliphatic carbocycles. The summed E-state index contributed by atoms with van der Waals surface area (Å²) < 4.78 is 44.8. The molecule has 8 nitrogen and oxygen atoms in total. The minimum Gasteiger partial charge on any atom is -0.467 e. The second-order valence-corrected chi connectivity index (χ2v) is 7.05. The lowest BCUT2D eigenvalue weighted by molar-refractivity contribution is -0.384. The van der Waals surface area contributed by atoms with E-state index in [0.717, 1.165) is 23.1 Å². The Bertz CT molecular complexity index is 1210. The largest absolute Gasteiger partial charge is 0.467 e. The molecule has 11 heteroatoms. The predicted molar refractivity (Wildman–Crippen MR) is 116 cm³/mol. The van der Waals surface area contributed by atoms with Crippen molar-refractivity contribution in [2.24, 2.45) is 0 Å². The highest BCUT2D eigenvalue weighted by Gasteiger charge is 2.33. The van der Waals surface area contributed by atoms with Crippen molar-refractivity contribution in [1.82, 2.24) is 4.90 Å². The van der Waals surface area contributed by atoms with Gasteiger partial charge in [0.05, 0.1) is 29.0 Å². The average molecular weight is 473 g/mol. The monoisotopic (exact) mass is 473 g/mol. The number of benzene rings is 2. The molecule has 0 spiro atoms. The molecule has 176 valence electrons. The quantitative estimate of drug-likeness (QED) is 0.285. The highest BCUT2D eigenvalue weighted by atomic mass is 19.4. The summed E-state index contributed by atoms with van der Waals surface area (Å²) in [6, 6.07) is 13.2. The van der Waals surface area contributed by atoms with Crippen molar-refractivity contribution in [3.63, 3.8) is 0 Å². The van der Waals surface area contributed by atoms with Crippen molar-refractivity contribution in [2.45, 2.75) is 12.7 Å². The first-order valence-electron chi connectivity index (χ1n) is 9.83. The average Bonchev–Trinajstić information content (AvgIpc) is 3.30. The van der Waals surface area contributed by atoms with Crippen LogP contribution in [0.3, 0.4) is 0 Å². The van der Waals surface area contributed by atoms with Crippen LogP contribution in [0.4, 0.5) is 24.5 Å². The highest BCUT2D eigenvalue weighted by Crippen LogP contribution is 2.34. The highest BCUT2D eigenvalue weighted by molar-refractivity contribution is 5.98. The van der Waals surface area contributed by atoms with Gasteiger partial charge >= 0.3 is 6.18 Å². The maximum atomic E-state index is 13.2. The van der Waals surface area contributed by atoms with E-state index in [1.165, 1.54) is 42.7 Å². The van der Waals surface area contributed by atoms with Crippen LogP contribution in [0.25, 0.3) is 6.08 Å². The van der Waals surface area contributed by atoms with E-state index in [1.807, 2.05) is 0 Å². The number of amides is 2. The van der Waals surface area contributed by atoms with Crippen LogP contribution < -0.4 is 5.32 Å². The van der Waals surface area contributed by atoms with Gasteiger partial charge in [-0.15, -0.1) is 0 Å². The Balaban J connectivity index is 1.77. The van der Waals surface area contributed by atoms with Gasteiger partial charge in [0.2, 0.25) is 11.8 Å². The zero-order valence-electron chi connectivity index (χ0n) is 17.5. The number of nitrogens with zero attached hydrogens (tertiary/aromatic N) is 2. The van der Waals surface area contributed by atoms with E-state index in [4.69, 9.17) is 4.42 Å². The molecular weight excluding hydrogens is 455 g/mol. The van der Waals surface area contributed by atoms with Crippen molar-refractivity contribution in [3.8, 4) is 0 Å². The number of carbonyl (C=O) groups excluding carboxylic acids is 2. The molecule has 3 aromatic rings. The van der Waals surface area contributed by atoms with Crippen molar-refractivity contribution in [2.75, 3.05) is 11.9 Å². The molecule has 3 rings (SSSR count). The van der Waals surface area contributed by atoms with E-state index in [0.29, 0.717) is 11.3 Å². The van der Waals surface area contributed by atoms with Gasteiger partial charge in [0, 0.05) is 18.2 Å². The van der Waals surface area contributed by atoms with Crippen LogP contribution in [0.1, 0.15) is 16.9 Å². The van der Waals surface area contributed by atoms with E-state index in [9.17, 15) is 32.9 Å². The fourth-order valence-corrected chi connectivity index (χ4v) is 3.02. The first kappa shape index (κ1) is 24.2. The van der Waals surface area contributed by atoms with Crippen LogP contribution in [-0.4, -0.2) is 28.2 Å². The molecule has 0 saturated heterocycles. The third-order valence-electron chi connectivity index (χ3n) is 4.58. The number of nitrogens with one attached hydrogen (secondary N) is 1. The number of hydrogen-bond donors (Lipinski definition) is 1. The number of carbonyl (C=O) groups is 2. The molecule has 0 saturated carbocycles. The van der Waals surface area contributed by atoms with Crippen molar-refractivity contribution >= 4 is 29.3 Å². The normalized spacial score (nSPS) is 11.4. The van der Waals surface area contributed by atoms with Gasteiger partial charge in [-0.05, 0) is 35.9 Å². The maximum absolute atomic E-state index is 13.2. The molecule has 0 aliphatic heterocycles. The predicted octanol–water partition coefficient (Wildman–Crippen LogP) is 4.89. The van der Waals surface area contributed by atoms with Crippen LogP contribution >= 0.6 is 0 Å². The SMILES string of the molecule is O=C(CN(Cc1ccco1)C(=O)C=Cc1cccc([N+](=O)[O-])c1)Nc1ccccc1C(F)(F)F. The lowest BCUT2D eigenvalue weighted by Gasteiger charge is -2.20. The molecule has 1 aromatic heterocycles. The topological polar surface area (TPSA) is 106 Å². The molecule has 0 fully saturated rings. The Kier molecular flexibility index (Phi) is 7.46. The van der Waals surface area contributed by atoms with E-state index in [-0.39, 0.29) is 12.2 Å². The summed E-state index contributed by atoms with van der Waals surface area (Å²) in [6.07, 6.45) is -0.856. The Hall–Kier alpha value is -4.41. The van der Waals surface area contributed by atoms with E-state index in [2.05, 4.69) is 5.32 Å². The number of nitro benzene ring substituents is 1. The number of nitro groups is 1. The molecule has 0 aliphatic rings. The first-order valence-corrected chi connectivity index (χ1v) is 9.83. The maximum Gasteiger partial charge on any atom is 0.418 e. The van der Waals surface area contributed by atoms with Crippen LogP contribution in [0.15, 0.2) is 77.4 Å². The number of hydrogen-bond acceptors (Lipinski definition) is 5. The van der Waals surface area contributed by atoms with Gasteiger partial charge in [-0.2, -0.15) is 13.2 Å². The first-order chi connectivity index (χ1) is 16.1. The molecule has 0 atom stereocenters. The fourth-order valence-electron chi connectivity index (χ4n) is 3.02. The number of furan rings is 1. The van der Waals surface area contributed by atoms with Gasteiger partial charge in [-0.1, -0.05) is 24.3 Å². The van der Waals surface area contributed by atoms with E-state index < -0.39 is 40.7 Å². The molecular formula is C23H18F3N3O5. The van der Waals surface area contributed by atoms with Crippen LogP contribution in [0.5, 0.6) is 0 Å².